The van der Waals surface area contributed by atoms with E-state index in [-0.39, 0.29) is 11.5 Å². The van der Waals surface area contributed by atoms with Gasteiger partial charge in [-0.25, -0.2) is 9.89 Å². The van der Waals surface area contributed by atoms with Crippen molar-refractivity contribution in [3.8, 4) is 0 Å². The molecule has 1 aromatic carbocycles. The van der Waals surface area contributed by atoms with Crippen molar-refractivity contribution < 1.29 is 5.21 Å². The number of H-pyrrole nitrogens is 1. The molecule has 4 N–H and O–H groups in total. The molecule has 2 rings (SSSR count). The Balaban J connectivity index is 2.45. The maximum absolute atomic E-state index is 11.3. The number of aromatic nitrogens is 3. The number of aromatic amines is 1. The lowest BCUT2D eigenvalue weighted by atomic mass is 10.2. The summed E-state index contributed by atoms with van der Waals surface area (Å²) in [4.78, 5) is 11.9. The van der Waals surface area contributed by atoms with Crippen molar-refractivity contribution in [2.24, 2.45) is 17.9 Å². The van der Waals surface area contributed by atoms with Gasteiger partial charge in [0.05, 0.1) is 0 Å². The van der Waals surface area contributed by atoms with Gasteiger partial charge in [0.15, 0.2) is 11.0 Å². The molecule has 0 radical (unpaired) electrons. The molecule has 100 valence electrons. The largest absolute Gasteiger partial charge is 0.409 e. The van der Waals surface area contributed by atoms with Gasteiger partial charge in [-0.3, -0.25) is 4.57 Å². The highest BCUT2D eigenvalue weighted by Gasteiger charge is 2.13. The molecule has 2 aromatic rings. The van der Waals surface area contributed by atoms with Crippen LogP contribution in [0.3, 0.4) is 0 Å². The van der Waals surface area contributed by atoms with Crippen molar-refractivity contribution in [2.75, 3.05) is 0 Å². The van der Waals surface area contributed by atoms with Crippen LogP contribution in [0.1, 0.15) is 5.56 Å². The van der Waals surface area contributed by atoms with E-state index in [1.54, 1.807) is 25.2 Å². The van der Waals surface area contributed by atoms with Gasteiger partial charge in [-0.15, -0.1) is 5.10 Å². The van der Waals surface area contributed by atoms with Gasteiger partial charge in [0, 0.05) is 22.5 Å². The fraction of sp³-hybridized carbons (Fsp3) is 0.100. The monoisotopic (exact) mass is 299 g/mol. The fourth-order valence-corrected chi connectivity index (χ4v) is 2.46. The van der Waals surface area contributed by atoms with Crippen LogP contribution in [0.25, 0.3) is 0 Å². The summed E-state index contributed by atoms with van der Waals surface area (Å²) < 4.78 is 1.36. The zero-order valence-corrected chi connectivity index (χ0v) is 11.4. The summed E-state index contributed by atoms with van der Waals surface area (Å²) in [6, 6.07) is 4.95. The summed E-state index contributed by atoms with van der Waals surface area (Å²) in [5, 5.41) is 18.8. The zero-order chi connectivity index (χ0) is 14.0. The maximum Gasteiger partial charge on any atom is 0.343 e. The number of rotatable bonds is 3. The number of hydrogen-bond acceptors (Lipinski definition) is 5. The lowest BCUT2D eigenvalue weighted by Gasteiger charge is -2.07. The van der Waals surface area contributed by atoms with Crippen molar-refractivity contribution in [3.63, 3.8) is 0 Å². The Bertz CT molecular complexity index is 693. The van der Waals surface area contributed by atoms with Crippen molar-refractivity contribution in [1.82, 2.24) is 14.8 Å². The molecule has 0 aliphatic heterocycles. The standard InChI is InChI=1S/C10H10ClN5O2S/c1-16-9(17)13-14-10(16)19-7-3-2-5(11)4-6(7)8(12)15-18/h2-4,18H,1H3,(H2,12,15)(H,13,17). The van der Waals surface area contributed by atoms with E-state index in [1.165, 1.54) is 16.3 Å². The van der Waals surface area contributed by atoms with Crippen LogP contribution in [0.15, 0.2) is 38.2 Å². The van der Waals surface area contributed by atoms with Gasteiger partial charge in [-0.1, -0.05) is 16.8 Å². The molecule has 0 saturated carbocycles. The third kappa shape index (κ3) is 2.74. The average Bonchev–Trinajstić information content (AvgIpc) is 2.71. The first-order chi connectivity index (χ1) is 9.02. The number of amidine groups is 1. The van der Waals surface area contributed by atoms with Crippen LogP contribution in [0.2, 0.25) is 5.02 Å². The van der Waals surface area contributed by atoms with Crippen LogP contribution in [-0.4, -0.2) is 25.8 Å². The number of oxime groups is 1. The molecule has 0 spiro atoms. The molecule has 0 fully saturated rings. The van der Waals surface area contributed by atoms with Crippen LogP contribution >= 0.6 is 23.4 Å². The van der Waals surface area contributed by atoms with Crippen LogP contribution in [0.4, 0.5) is 0 Å². The Morgan fingerprint density at radius 3 is 2.95 bits per heavy atom. The predicted octanol–water partition coefficient (Wildman–Crippen LogP) is 1.01. The SMILES string of the molecule is Cn1c(Sc2ccc(Cl)cc2C(N)=NO)n[nH]c1=O. The summed E-state index contributed by atoms with van der Waals surface area (Å²) in [5.41, 5.74) is 5.74. The number of hydrogen-bond donors (Lipinski definition) is 3. The third-order valence-corrected chi connectivity index (χ3v) is 3.72. The van der Waals surface area contributed by atoms with Crippen molar-refractivity contribution >= 4 is 29.2 Å². The zero-order valence-electron chi connectivity index (χ0n) is 9.79. The summed E-state index contributed by atoms with van der Waals surface area (Å²) >= 11 is 7.08. The molecule has 0 amide bonds. The Morgan fingerprint density at radius 1 is 1.63 bits per heavy atom. The molecular weight excluding hydrogens is 290 g/mol. The first kappa shape index (κ1) is 13.5. The van der Waals surface area contributed by atoms with Crippen molar-refractivity contribution in [2.45, 2.75) is 10.1 Å². The minimum absolute atomic E-state index is 0.0643. The summed E-state index contributed by atoms with van der Waals surface area (Å²) in [7, 11) is 1.59. The Kier molecular flexibility index (Phi) is 3.82. The molecule has 19 heavy (non-hydrogen) atoms. The number of benzene rings is 1. The molecule has 0 bridgehead atoms. The maximum atomic E-state index is 11.3. The minimum Gasteiger partial charge on any atom is -0.409 e. The topological polar surface area (TPSA) is 109 Å². The van der Waals surface area contributed by atoms with Crippen LogP contribution in [0, 0.1) is 0 Å². The number of nitrogens with zero attached hydrogens (tertiary/aromatic N) is 3. The van der Waals surface area contributed by atoms with E-state index in [4.69, 9.17) is 22.5 Å². The Labute approximate surface area is 117 Å². The van der Waals surface area contributed by atoms with Crippen molar-refractivity contribution in [3.05, 3.63) is 39.3 Å². The smallest absolute Gasteiger partial charge is 0.343 e. The minimum atomic E-state index is -0.318. The summed E-state index contributed by atoms with van der Waals surface area (Å²) in [5.74, 6) is -0.0643. The van der Waals surface area contributed by atoms with Gasteiger partial charge in [-0.05, 0) is 30.0 Å². The molecule has 0 saturated heterocycles. The van der Waals surface area contributed by atoms with Gasteiger partial charge < -0.3 is 10.9 Å². The van der Waals surface area contributed by atoms with Gasteiger partial charge in [0.1, 0.15) is 0 Å². The molecule has 1 aromatic heterocycles. The average molecular weight is 300 g/mol. The molecule has 0 aliphatic rings. The fourth-order valence-electron chi connectivity index (χ4n) is 1.37. The summed E-state index contributed by atoms with van der Waals surface area (Å²) in [6.45, 7) is 0. The Hall–Kier alpha value is -1.93. The Morgan fingerprint density at radius 2 is 2.37 bits per heavy atom. The number of nitrogens with two attached hydrogens (primary N) is 1. The van der Waals surface area contributed by atoms with E-state index < -0.39 is 0 Å². The predicted molar refractivity (Wildman–Crippen MR) is 71.9 cm³/mol. The quantitative estimate of drug-likeness (QED) is 0.339. The van der Waals surface area contributed by atoms with Gasteiger partial charge in [0.25, 0.3) is 0 Å². The van der Waals surface area contributed by atoms with E-state index in [0.717, 1.165) is 0 Å². The number of halogens is 1. The molecule has 0 aliphatic carbocycles. The molecule has 0 atom stereocenters. The van der Waals surface area contributed by atoms with Gasteiger partial charge in [-0.2, -0.15) is 0 Å². The first-order valence-corrected chi connectivity index (χ1v) is 6.29. The highest BCUT2D eigenvalue weighted by molar-refractivity contribution is 7.99. The lowest BCUT2D eigenvalue weighted by Crippen LogP contribution is -2.15. The molecule has 7 nitrogen and oxygen atoms in total. The highest BCUT2D eigenvalue weighted by Crippen LogP contribution is 2.29. The van der Waals surface area contributed by atoms with E-state index in [1.807, 2.05) is 0 Å². The van der Waals surface area contributed by atoms with Gasteiger partial charge >= 0.3 is 5.69 Å². The van der Waals surface area contributed by atoms with Crippen LogP contribution in [-0.2, 0) is 7.05 Å². The van der Waals surface area contributed by atoms with Gasteiger partial charge in [0.2, 0.25) is 0 Å². The lowest BCUT2D eigenvalue weighted by molar-refractivity contribution is 0.318. The second-order valence-electron chi connectivity index (χ2n) is 3.60. The first-order valence-electron chi connectivity index (χ1n) is 5.09. The van der Waals surface area contributed by atoms with E-state index in [2.05, 4.69) is 15.4 Å². The third-order valence-electron chi connectivity index (χ3n) is 2.37. The molecular formula is C10H10ClN5O2S. The van der Waals surface area contributed by atoms with E-state index >= 15 is 0 Å². The van der Waals surface area contributed by atoms with E-state index in [9.17, 15) is 4.79 Å². The second kappa shape index (κ2) is 5.37. The van der Waals surface area contributed by atoms with E-state index in [0.29, 0.717) is 20.6 Å². The van der Waals surface area contributed by atoms with Crippen LogP contribution < -0.4 is 11.4 Å². The normalized spacial score (nSPS) is 11.8. The summed E-state index contributed by atoms with van der Waals surface area (Å²) in [6.07, 6.45) is 0. The second-order valence-corrected chi connectivity index (χ2v) is 5.04. The van der Waals surface area contributed by atoms with Crippen LogP contribution in [0.5, 0.6) is 0 Å². The van der Waals surface area contributed by atoms with Crippen molar-refractivity contribution in [1.29, 1.82) is 0 Å². The molecule has 0 unspecified atom stereocenters. The highest BCUT2D eigenvalue weighted by atomic mass is 35.5. The molecule has 1 heterocycles. The molecule has 9 heteroatoms. The number of nitrogens with one attached hydrogen (secondary N) is 1.